The summed E-state index contributed by atoms with van der Waals surface area (Å²) in [5, 5.41) is 12.8. The molecule has 1 aliphatic rings. The second kappa shape index (κ2) is 7.12. The van der Waals surface area contributed by atoms with Crippen molar-refractivity contribution in [2.75, 3.05) is 30.8 Å². The fourth-order valence-corrected chi connectivity index (χ4v) is 3.62. The standard InChI is InChI=1S/C20H24N6O2/c1-12-10-25(11-13(2)28-12)19-7-6-18-23-9-17(26(18)24-19)14-4-5-16(21)15(8-14)20(22)27-3/h4-9,12-13,22H,10-11,21H2,1-3H3. The molecule has 2 atom stereocenters. The second-order valence-electron chi connectivity index (χ2n) is 7.10. The smallest absolute Gasteiger partial charge is 0.215 e. The third kappa shape index (κ3) is 3.27. The van der Waals surface area contributed by atoms with Crippen LogP contribution >= 0.6 is 0 Å². The van der Waals surface area contributed by atoms with Gasteiger partial charge in [0.2, 0.25) is 5.90 Å². The summed E-state index contributed by atoms with van der Waals surface area (Å²) >= 11 is 0. The van der Waals surface area contributed by atoms with Crippen molar-refractivity contribution in [3.63, 3.8) is 0 Å². The number of nitrogen functional groups attached to an aromatic ring is 1. The number of hydrogen-bond donors (Lipinski definition) is 2. The summed E-state index contributed by atoms with van der Waals surface area (Å²) in [7, 11) is 1.46. The number of nitrogens with zero attached hydrogens (tertiary/aromatic N) is 4. The van der Waals surface area contributed by atoms with Crippen LogP contribution in [0, 0.1) is 5.41 Å². The summed E-state index contributed by atoms with van der Waals surface area (Å²) in [6.07, 6.45) is 2.09. The van der Waals surface area contributed by atoms with Crippen molar-refractivity contribution in [1.82, 2.24) is 14.6 Å². The van der Waals surface area contributed by atoms with Crippen LogP contribution in [-0.2, 0) is 9.47 Å². The fourth-order valence-electron chi connectivity index (χ4n) is 3.62. The molecular formula is C20H24N6O2. The summed E-state index contributed by atoms with van der Waals surface area (Å²) in [5.74, 6) is 0.909. The lowest BCUT2D eigenvalue weighted by Crippen LogP contribution is -2.46. The van der Waals surface area contributed by atoms with E-state index in [1.54, 1.807) is 12.3 Å². The minimum absolute atomic E-state index is 0.0260. The Hall–Kier alpha value is -3.13. The number of rotatable bonds is 3. The number of anilines is 2. The van der Waals surface area contributed by atoms with E-state index in [2.05, 4.69) is 23.7 Å². The van der Waals surface area contributed by atoms with Gasteiger partial charge in [-0.15, -0.1) is 5.10 Å². The largest absolute Gasteiger partial charge is 0.481 e. The lowest BCUT2D eigenvalue weighted by molar-refractivity contribution is -0.00551. The molecule has 8 heteroatoms. The molecule has 2 unspecified atom stereocenters. The van der Waals surface area contributed by atoms with Crippen molar-refractivity contribution in [2.45, 2.75) is 26.1 Å². The van der Waals surface area contributed by atoms with E-state index in [1.165, 1.54) is 7.11 Å². The molecule has 0 spiro atoms. The van der Waals surface area contributed by atoms with Gasteiger partial charge in [-0.05, 0) is 38.1 Å². The Morgan fingerprint density at radius 2 is 1.96 bits per heavy atom. The molecule has 0 amide bonds. The number of nitrogens with two attached hydrogens (primary N) is 1. The van der Waals surface area contributed by atoms with Gasteiger partial charge in [0.1, 0.15) is 5.82 Å². The third-order valence-electron chi connectivity index (χ3n) is 4.89. The Bertz CT molecular complexity index is 1020. The number of nitrogens with one attached hydrogen (secondary N) is 1. The molecule has 0 radical (unpaired) electrons. The van der Waals surface area contributed by atoms with Gasteiger partial charge < -0.3 is 20.1 Å². The van der Waals surface area contributed by atoms with Gasteiger partial charge in [-0.25, -0.2) is 9.50 Å². The zero-order valence-corrected chi connectivity index (χ0v) is 16.2. The molecule has 2 aromatic heterocycles. The van der Waals surface area contributed by atoms with E-state index in [0.29, 0.717) is 11.3 Å². The minimum Gasteiger partial charge on any atom is -0.481 e. The average molecular weight is 380 g/mol. The predicted octanol–water partition coefficient (Wildman–Crippen LogP) is 2.56. The predicted molar refractivity (Wildman–Crippen MR) is 109 cm³/mol. The molecule has 0 aliphatic carbocycles. The van der Waals surface area contributed by atoms with Crippen molar-refractivity contribution in [3.05, 3.63) is 42.1 Å². The van der Waals surface area contributed by atoms with Crippen LogP contribution in [0.25, 0.3) is 16.9 Å². The number of ether oxygens (including phenoxy) is 2. The van der Waals surface area contributed by atoms with E-state index in [1.807, 2.05) is 28.8 Å². The number of morpholine rings is 1. The Kier molecular flexibility index (Phi) is 4.64. The number of methoxy groups -OCH3 is 1. The molecule has 3 aromatic rings. The summed E-state index contributed by atoms with van der Waals surface area (Å²) in [6.45, 7) is 5.74. The van der Waals surface area contributed by atoms with Crippen LogP contribution in [0.1, 0.15) is 19.4 Å². The van der Waals surface area contributed by atoms with Crippen molar-refractivity contribution >= 4 is 23.1 Å². The van der Waals surface area contributed by atoms with Crippen molar-refractivity contribution < 1.29 is 9.47 Å². The van der Waals surface area contributed by atoms with Crippen molar-refractivity contribution in [1.29, 1.82) is 5.41 Å². The van der Waals surface area contributed by atoms with Gasteiger partial charge in [-0.3, -0.25) is 5.41 Å². The number of hydrogen-bond acceptors (Lipinski definition) is 7. The first-order valence-electron chi connectivity index (χ1n) is 9.24. The number of imidazole rings is 1. The Morgan fingerprint density at radius 3 is 2.68 bits per heavy atom. The van der Waals surface area contributed by atoms with Crippen LogP contribution in [0.2, 0.25) is 0 Å². The first-order chi connectivity index (χ1) is 13.5. The minimum atomic E-state index is 0.0260. The number of aromatic nitrogens is 3. The lowest BCUT2D eigenvalue weighted by atomic mass is 10.1. The fraction of sp³-hybridized carbons (Fsp3) is 0.350. The average Bonchev–Trinajstić information content (AvgIpc) is 3.10. The van der Waals surface area contributed by atoms with E-state index >= 15 is 0 Å². The molecule has 1 aromatic carbocycles. The van der Waals surface area contributed by atoms with Gasteiger partial charge in [0.25, 0.3) is 0 Å². The van der Waals surface area contributed by atoms with Crippen LogP contribution < -0.4 is 10.6 Å². The first kappa shape index (κ1) is 18.2. The highest BCUT2D eigenvalue weighted by molar-refractivity contribution is 5.98. The molecule has 0 saturated carbocycles. The number of benzene rings is 1. The van der Waals surface area contributed by atoms with Gasteiger partial charge in [0.15, 0.2) is 5.65 Å². The highest BCUT2D eigenvalue weighted by Crippen LogP contribution is 2.26. The SMILES string of the molecule is COC(=N)c1cc(-c2cnc3ccc(N4CC(C)OC(C)C4)nn23)ccc1N. The molecule has 1 saturated heterocycles. The summed E-state index contributed by atoms with van der Waals surface area (Å²) in [4.78, 5) is 6.70. The van der Waals surface area contributed by atoms with Gasteiger partial charge in [-0.2, -0.15) is 0 Å². The molecule has 3 heterocycles. The summed E-state index contributed by atoms with van der Waals surface area (Å²) < 4.78 is 12.7. The normalized spacial score (nSPS) is 19.8. The van der Waals surface area contributed by atoms with Crippen LogP contribution in [0.4, 0.5) is 11.5 Å². The maximum Gasteiger partial charge on any atom is 0.215 e. The second-order valence-corrected chi connectivity index (χ2v) is 7.10. The zero-order valence-electron chi connectivity index (χ0n) is 16.2. The molecule has 1 fully saturated rings. The quantitative estimate of drug-likeness (QED) is 0.411. The summed E-state index contributed by atoms with van der Waals surface area (Å²) in [5.41, 5.74) is 9.50. The van der Waals surface area contributed by atoms with Crippen LogP contribution in [0.5, 0.6) is 0 Å². The first-order valence-corrected chi connectivity index (χ1v) is 9.24. The van der Waals surface area contributed by atoms with Crippen LogP contribution in [0.3, 0.4) is 0 Å². The molecule has 3 N–H and O–H groups in total. The van der Waals surface area contributed by atoms with Crippen molar-refractivity contribution in [3.8, 4) is 11.3 Å². The van der Waals surface area contributed by atoms with Gasteiger partial charge in [0, 0.05) is 24.3 Å². The Labute approximate surface area is 163 Å². The van der Waals surface area contributed by atoms with Crippen LogP contribution in [-0.4, -0.2) is 52.9 Å². The Balaban J connectivity index is 1.76. The third-order valence-corrected chi connectivity index (χ3v) is 4.89. The highest BCUT2D eigenvalue weighted by atomic mass is 16.5. The maximum atomic E-state index is 7.95. The van der Waals surface area contributed by atoms with E-state index in [0.717, 1.165) is 35.8 Å². The van der Waals surface area contributed by atoms with Gasteiger partial charge in [-0.1, -0.05) is 6.07 Å². The van der Waals surface area contributed by atoms with E-state index in [4.69, 9.17) is 25.7 Å². The van der Waals surface area contributed by atoms with E-state index < -0.39 is 0 Å². The zero-order chi connectivity index (χ0) is 19.8. The maximum absolute atomic E-state index is 7.95. The molecule has 146 valence electrons. The molecule has 4 rings (SSSR count). The Morgan fingerprint density at radius 1 is 1.21 bits per heavy atom. The molecule has 1 aliphatic heterocycles. The molecule has 0 bridgehead atoms. The van der Waals surface area contributed by atoms with Gasteiger partial charge in [0.05, 0.1) is 36.8 Å². The lowest BCUT2D eigenvalue weighted by Gasteiger charge is -2.35. The van der Waals surface area contributed by atoms with Gasteiger partial charge >= 0.3 is 0 Å². The molecule has 28 heavy (non-hydrogen) atoms. The van der Waals surface area contributed by atoms with E-state index in [9.17, 15) is 0 Å². The van der Waals surface area contributed by atoms with Crippen LogP contribution in [0.15, 0.2) is 36.5 Å². The van der Waals surface area contributed by atoms with Crippen molar-refractivity contribution in [2.24, 2.45) is 0 Å². The molecule has 8 nitrogen and oxygen atoms in total. The number of fused-ring (bicyclic) bond motifs is 1. The summed E-state index contributed by atoms with van der Waals surface area (Å²) in [6, 6.07) is 9.46. The van der Waals surface area contributed by atoms with E-state index in [-0.39, 0.29) is 18.1 Å². The monoisotopic (exact) mass is 380 g/mol. The highest BCUT2D eigenvalue weighted by Gasteiger charge is 2.24. The topological polar surface area (TPSA) is 102 Å². The molecular weight excluding hydrogens is 356 g/mol.